The van der Waals surface area contributed by atoms with Crippen molar-refractivity contribution in [3.8, 4) is 0 Å². The maximum atomic E-state index is 12.3. The molecule has 0 aliphatic heterocycles. The Kier molecular flexibility index (Phi) is 5.24. The lowest BCUT2D eigenvalue weighted by molar-refractivity contribution is 0.0793. The zero-order valence-corrected chi connectivity index (χ0v) is 14.4. The first-order valence-corrected chi connectivity index (χ1v) is 8.16. The summed E-state index contributed by atoms with van der Waals surface area (Å²) >= 11 is 11.9. The van der Waals surface area contributed by atoms with Crippen LogP contribution in [-0.4, -0.2) is 42.7 Å². The molecule has 4 N–H and O–H groups in total. The minimum absolute atomic E-state index is 0.000803. The lowest BCUT2D eigenvalue weighted by Crippen LogP contribution is -2.23. The predicted molar refractivity (Wildman–Crippen MR) is 95.0 cm³/mol. The standard InChI is InChI=1S/C15H15Cl2N5O3/c16-10-2-1-8(3-11(10)17)4-18-15-20-12-5-19-22(6-9(24)7-23)13(12)14(25)21-15/h1-3,5,9,23-24H,4,6-7H2,(H2,18,20,21,25). The molecular formula is C15H15Cl2N5O3. The second-order valence-corrected chi connectivity index (χ2v) is 6.23. The normalized spacial score (nSPS) is 12.5. The van der Waals surface area contributed by atoms with E-state index in [-0.39, 0.29) is 18.0 Å². The lowest BCUT2D eigenvalue weighted by atomic mass is 10.2. The molecule has 0 amide bonds. The largest absolute Gasteiger partial charge is 0.394 e. The molecule has 8 nitrogen and oxygen atoms in total. The van der Waals surface area contributed by atoms with Gasteiger partial charge in [-0.1, -0.05) is 29.3 Å². The van der Waals surface area contributed by atoms with Gasteiger partial charge in [0, 0.05) is 6.54 Å². The zero-order chi connectivity index (χ0) is 18.0. The average Bonchev–Trinajstić information content (AvgIpc) is 2.99. The van der Waals surface area contributed by atoms with Crippen LogP contribution in [0.15, 0.2) is 29.2 Å². The van der Waals surface area contributed by atoms with E-state index in [9.17, 15) is 9.90 Å². The molecule has 1 unspecified atom stereocenters. The van der Waals surface area contributed by atoms with Gasteiger partial charge in [0.15, 0.2) is 5.52 Å². The quantitative estimate of drug-likeness (QED) is 0.511. The topological polar surface area (TPSA) is 116 Å². The molecule has 3 aromatic rings. The highest BCUT2D eigenvalue weighted by Gasteiger charge is 2.13. The Morgan fingerprint density at radius 1 is 1.32 bits per heavy atom. The number of anilines is 1. The number of hydrogen-bond donors (Lipinski definition) is 4. The van der Waals surface area contributed by atoms with Crippen molar-refractivity contribution >= 4 is 40.2 Å². The summed E-state index contributed by atoms with van der Waals surface area (Å²) in [6.45, 7) is -0.0283. The van der Waals surface area contributed by atoms with E-state index in [2.05, 4.69) is 20.4 Å². The van der Waals surface area contributed by atoms with Gasteiger partial charge in [-0.2, -0.15) is 5.10 Å². The van der Waals surface area contributed by atoms with Gasteiger partial charge < -0.3 is 15.5 Å². The van der Waals surface area contributed by atoms with Gasteiger partial charge in [-0.15, -0.1) is 0 Å². The number of aliphatic hydroxyl groups is 2. The Hall–Kier alpha value is -2.13. The number of aromatic nitrogens is 4. The van der Waals surface area contributed by atoms with Crippen LogP contribution in [0.1, 0.15) is 5.56 Å². The van der Waals surface area contributed by atoms with Crippen LogP contribution in [0.3, 0.4) is 0 Å². The predicted octanol–water partition coefficient (Wildman–Crippen LogP) is 1.39. The van der Waals surface area contributed by atoms with Crippen LogP contribution in [0.25, 0.3) is 11.0 Å². The van der Waals surface area contributed by atoms with Gasteiger partial charge in [-0.3, -0.25) is 14.5 Å². The summed E-state index contributed by atoms with van der Waals surface area (Å²) in [6.07, 6.45) is 0.425. The van der Waals surface area contributed by atoms with E-state index in [4.69, 9.17) is 28.3 Å². The maximum Gasteiger partial charge on any atom is 0.278 e. The summed E-state index contributed by atoms with van der Waals surface area (Å²) in [5.41, 5.74) is 1.08. The van der Waals surface area contributed by atoms with Crippen molar-refractivity contribution < 1.29 is 10.2 Å². The number of aliphatic hydroxyl groups excluding tert-OH is 2. The van der Waals surface area contributed by atoms with Gasteiger partial charge in [0.2, 0.25) is 5.95 Å². The smallest absolute Gasteiger partial charge is 0.278 e. The Morgan fingerprint density at radius 3 is 2.84 bits per heavy atom. The lowest BCUT2D eigenvalue weighted by Gasteiger charge is -2.09. The number of rotatable bonds is 6. The van der Waals surface area contributed by atoms with Crippen molar-refractivity contribution in [2.75, 3.05) is 11.9 Å². The molecule has 0 spiro atoms. The first-order chi connectivity index (χ1) is 12.0. The van der Waals surface area contributed by atoms with E-state index >= 15 is 0 Å². The Labute approximate surface area is 152 Å². The molecule has 0 aliphatic rings. The summed E-state index contributed by atoms with van der Waals surface area (Å²) in [4.78, 5) is 19.2. The molecule has 0 saturated carbocycles. The molecule has 1 atom stereocenters. The van der Waals surface area contributed by atoms with Crippen LogP contribution in [-0.2, 0) is 13.1 Å². The highest BCUT2D eigenvalue weighted by molar-refractivity contribution is 6.42. The second-order valence-electron chi connectivity index (χ2n) is 5.41. The molecule has 10 heteroatoms. The molecule has 1 aromatic carbocycles. The van der Waals surface area contributed by atoms with E-state index in [1.807, 2.05) is 6.07 Å². The third-order valence-electron chi connectivity index (χ3n) is 3.54. The molecule has 2 aromatic heterocycles. The fourth-order valence-corrected chi connectivity index (χ4v) is 2.64. The van der Waals surface area contributed by atoms with E-state index in [1.54, 1.807) is 12.1 Å². The number of halogens is 2. The zero-order valence-electron chi connectivity index (χ0n) is 12.9. The molecule has 25 heavy (non-hydrogen) atoms. The fraction of sp³-hybridized carbons (Fsp3) is 0.267. The third kappa shape index (κ3) is 3.93. The van der Waals surface area contributed by atoms with Crippen LogP contribution < -0.4 is 10.9 Å². The first-order valence-electron chi connectivity index (χ1n) is 7.40. The molecule has 3 rings (SSSR count). The highest BCUT2D eigenvalue weighted by Crippen LogP contribution is 2.22. The van der Waals surface area contributed by atoms with Crippen molar-refractivity contribution in [1.29, 1.82) is 0 Å². The van der Waals surface area contributed by atoms with Crippen LogP contribution in [0.5, 0.6) is 0 Å². The summed E-state index contributed by atoms with van der Waals surface area (Å²) in [5, 5.41) is 26.4. The van der Waals surface area contributed by atoms with E-state index in [1.165, 1.54) is 10.9 Å². The van der Waals surface area contributed by atoms with Crippen molar-refractivity contribution in [2.24, 2.45) is 0 Å². The number of aromatic amines is 1. The molecular weight excluding hydrogens is 369 g/mol. The van der Waals surface area contributed by atoms with E-state index in [0.29, 0.717) is 22.1 Å². The highest BCUT2D eigenvalue weighted by atomic mass is 35.5. The van der Waals surface area contributed by atoms with E-state index < -0.39 is 18.3 Å². The first kappa shape index (κ1) is 17.7. The SMILES string of the molecule is O=c1[nH]c(NCc2ccc(Cl)c(Cl)c2)nc2cnn(CC(O)CO)c12. The molecule has 0 fully saturated rings. The molecule has 132 valence electrons. The van der Waals surface area contributed by atoms with Crippen LogP contribution in [0.2, 0.25) is 10.0 Å². The van der Waals surface area contributed by atoms with Crippen molar-refractivity contribution in [3.05, 3.63) is 50.4 Å². The summed E-state index contributed by atoms with van der Waals surface area (Å²) in [5.74, 6) is 0.283. The van der Waals surface area contributed by atoms with Crippen molar-refractivity contribution in [3.63, 3.8) is 0 Å². The Morgan fingerprint density at radius 2 is 2.12 bits per heavy atom. The number of nitrogens with one attached hydrogen (secondary N) is 2. The molecule has 0 saturated heterocycles. The van der Waals surface area contributed by atoms with Crippen LogP contribution in [0.4, 0.5) is 5.95 Å². The van der Waals surface area contributed by atoms with Crippen LogP contribution >= 0.6 is 23.2 Å². The third-order valence-corrected chi connectivity index (χ3v) is 4.28. The summed E-state index contributed by atoms with van der Waals surface area (Å²) in [6, 6.07) is 5.23. The minimum atomic E-state index is -1.00. The van der Waals surface area contributed by atoms with Gasteiger partial charge in [0.25, 0.3) is 5.56 Å². The van der Waals surface area contributed by atoms with Gasteiger partial charge in [-0.25, -0.2) is 4.98 Å². The summed E-state index contributed by atoms with van der Waals surface area (Å²) < 4.78 is 1.31. The molecule has 0 bridgehead atoms. The fourth-order valence-electron chi connectivity index (χ4n) is 2.32. The van der Waals surface area contributed by atoms with Gasteiger partial charge in [0.1, 0.15) is 5.52 Å². The molecule has 0 aliphatic carbocycles. The number of fused-ring (bicyclic) bond motifs is 1. The Balaban J connectivity index is 1.81. The van der Waals surface area contributed by atoms with E-state index in [0.717, 1.165) is 5.56 Å². The minimum Gasteiger partial charge on any atom is -0.394 e. The average molecular weight is 384 g/mol. The number of H-pyrrole nitrogens is 1. The number of nitrogens with zero attached hydrogens (tertiary/aromatic N) is 3. The van der Waals surface area contributed by atoms with Crippen LogP contribution in [0, 0.1) is 0 Å². The van der Waals surface area contributed by atoms with Gasteiger partial charge in [0.05, 0.1) is 35.5 Å². The summed E-state index contributed by atoms with van der Waals surface area (Å²) in [7, 11) is 0. The van der Waals surface area contributed by atoms with Gasteiger partial charge >= 0.3 is 0 Å². The number of hydrogen-bond acceptors (Lipinski definition) is 6. The monoisotopic (exact) mass is 383 g/mol. The van der Waals surface area contributed by atoms with Crippen molar-refractivity contribution in [1.82, 2.24) is 19.7 Å². The molecule has 0 radical (unpaired) electrons. The second kappa shape index (κ2) is 7.40. The van der Waals surface area contributed by atoms with Crippen molar-refractivity contribution in [2.45, 2.75) is 19.2 Å². The molecule has 2 heterocycles. The Bertz CT molecular complexity index is 956. The maximum absolute atomic E-state index is 12.3. The van der Waals surface area contributed by atoms with Gasteiger partial charge in [-0.05, 0) is 17.7 Å². The number of benzene rings is 1.